The SMILES string of the molecule is c1ccc(-c2cc3ccc(-c4ccccn4)cc3n2-c2ccc3cc(-c4ccccc4)n(-c4ccccn4)c3c2)cc1. The summed E-state index contributed by atoms with van der Waals surface area (Å²) in [6.07, 6.45) is 3.70. The second-order valence-corrected chi connectivity index (χ2v) is 10.4. The Bertz CT molecular complexity index is 2160. The summed E-state index contributed by atoms with van der Waals surface area (Å²) in [7, 11) is 0. The summed E-state index contributed by atoms with van der Waals surface area (Å²) in [5.41, 5.74) is 9.94. The molecule has 0 spiro atoms. The highest BCUT2D eigenvalue weighted by atomic mass is 15.1. The van der Waals surface area contributed by atoms with Gasteiger partial charge in [-0.2, -0.15) is 0 Å². The molecule has 0 saturated heterocycles. The maximum Gasteiger partial charge on any atom is 0.137 e. The average Bonchev–Trinajstić information content (AvgIpc) is 3.65. The minimum Gasteiger partial charge on any atom is -0.309 e. The van der Waals surface area contributed by atoms with Crippen LogP contribution in [-0.2, 0) is 0 Å². The molecule has 4 heterocycles. The molecule has 0 amide bonds. The first-order valence-corrected chi connectivity index (χ1v) is 14.1. The molecule has 0 fully saturated rings. The number of fused-ring (bicyclic) bond motifs is 2. The van der Waals surface area contributed by atoms with Gasteiger partial charge in [0.2, 0.25) is 0 Å². The third-order valence-corrected chi connectivity index (χ3v) is 7.83. The van der Waals surface area contributed by atoms with Crippen LogP contribution in [0.15, 0.2) is 158 Å². The highest BCUT2D eigenvalue weighted by Crippen LogP contribution is 2.37. The van der Waals surface area contributed by atoms with Crippen LogP contribution in [0, 0.1) is 0 Å². The fourth-order valence-corrected chi connectivity index (χ4v) is 5.88. The molecule has 0 saturated carbocycles. The predicted molar refractivity (Wildman–Crippen MR) is 172 cm³/mol. The summed E-state index contributed by atoms with van der Waals surface area (Å²) < 4.78 is 4.63. The molecule has 8 rings (SSSR count). The van der Waals surface area contributed by atoms with Crippen molar-refractivity contribution in [3.05, 3.63) is 158 Å². The van der Waals surface area contributed by atoms with Crippen molar-refractivity contribution in [3.8, 4) is 45.3 Å². The largest absolute Gasteiger partial charge is 0.309 e. The Kier molecular flexibility index (Phi) is 5.75. The van der Waals surface area contributed by atoms with Crippen LogP contribution in [0.1, 0.15) is 0 Å². The summed E-state index contributed by atoms with van der Waals surface area (Å²) in [5, 5.41) is 2.34. The van der Waals surface area contributed by atoms with Crippen molar-refractivity contribution in [3.63, 3.8) is 0 Å². The molecule has 8 aromatic rings. The molecule has 0 atom stereocenters. The first kappa shape index (κ1) is 24.1. The minimum atomic E-state index is 0.890. The van der Waals surface area contributed by atoms with Crippen molar-refractivity contribution >= 4 is 21.8 Å². The van der Waals surface area contributed by atoms with Crippen LogP contribution in [0.5, 0.6) is 0 Å². The zero-order valence-electron chi connectivity index (χ0n) is 22.8. The van der Waals surface area contributed by atoms with Crippen LogP contribution in [0.3, 0.4) is 0 Å². The number of hydrogen-bond acceptors (Lipinski definition) is 2. The normalized spacial score (nSPS) is 11.3. The highest BCUT2D eigenvalue weighted by Gasteiger charge is 2.18. The van der Waals surface area contributed by atoms with E-state index in [0.717, 1.165) is 56.1 Å². The molecule has 4 aromatic carbocycles. The Balaban J connectivity index is 1.41. The fourth-order valence-electron chi connectivity index (χ4n) is 5.88. The molecule has 198 valence electrons. The van der Waals surface area contributed by atoms with Crippen LogP contribution in [0.25, 0.3) is 67.1 Å². The summed E-state index contributed by atoms with van der Waals surface area (Å²) in [4.78, 5) is 9.38. The summed E-state index contributed by atoms with van der Waals surface area (Å²) in [6.45, 7) is 0. The number of hydrogen-bond donors (Lipinski definition) is 0. The van der Waals surface area contributed by atoms with Crippen molar-refractivity contribution < 1.29 is 0 Å². The quantitative estimate of drug-likeness (QED) is 0.219. The van der Waals surface area contributed by atoms with Crippen molar-refractivity contribution in [1.82, 2.24) is 19.1 Å². The maximum absolute atomic E-state index is 4.76. The van der Waals surface area contributed by atoms with Gasteiger partial charge in [-0.05, 0) is 65.7 Å². The van der Waals surface area contributed by atoms with Gasteiger partial charge in [0.05, 0.1) is 28.1 Å². The number of aromatic nitrogens is 4. The molecule has 0 aliphatic rings. The van der Waals surface area contributed by atoms with Gasteiger partial charge in [-0.25, -0.2) is 4.98 Å². The lowest BCUT2D eigenvalue weighted by molar-refractivity contribution is 1.05. The Labute approximate surface area is 243 Å². The van der Waals surface area contributed by atoms with E-state index in [0.29, 0.717) is 0 Å². The van der Waals surface area contributed by atoms with E-state index in [2.05, 4.69) is 135 Å². The molecular weight excluding hydrogens is 512 g/mol. The lowest BCUT2D eigenvalue weighted by Crippen LogP contribution is -2.01. The van der Waals surface area contributed by atoms with E-state index in [1.807, 2.05) is 36.7 Å². The first-order valence-electron chi connectivity index (χ1n) is 14.1. The molecule has 0 aliphatic carbocycles. The van der Waals surface area contributed by atoms with Crippen molar-refractivity contribution in [2.45, 2.75) is 0 Å². The first-order chi connectivity index (χ1) is 20.8. The van der Waals surface area contributed by atoms with Gasteiger partial charge in [0.15, 0.2) is 0 Å². The highest BCUT2D eigenvalue weighted by molar-refractivity contribution is 5.94. The van der Waals surface area contributed by atoms with Gasteiger partial charge in [0.25, 0.3) is 0 Å². The number of rotatable bonds is 5. The van der Waals surface area contributed by atoms with E-state index in [-0.39, 0.29) is 0 Å². The van der Waals surface area contributed by atoms with Gasteiger partial charge in [0, 0.05) is 34.4 Å². The Morgan fingerprint density at radius 1 is 0.405 bits per heavy atom. The monoisotopic (exact) mass is 538 g/mol. The van der Waals surface area contributed by atoms with Crippen molar-refractivity contribution in [1.29, 1.82) is 0 Å². The molecule has 4 nitrogen and oxygen atoms in total. The second kappa shape index (κ2) is 10.0. The summed E-state index contributed by atoms with van der Waals surface area (Å²) >= 11 is 0. The Hall–Kier alpha value is -5.74. The third-order valence-electron chi connectivity index (χ3n) is 7.83. The zero-order chi connectivity index (χ0) is 27.9. The standard InChI is InChI=1S/C38H26N4/c1-3-11-27(12-4-1)34-24-30-18-17-29(33-15-7-9-21-39-33)23-36(30)41(34)32-20-19-31-25-35(28-13-5-2-6-14-28)42(37(31)26-32)38-16-8-10-22-40-38/h1-26H. The molecule has 0 aliphatic heterocycles. The van der Waals surface area contributed by atoms with E-state index in [1.165, 1.54) is 10.9 Å². The molecular formula is C38H26N4. The molecule has 0 N–H and O–H groups in total. The maximum atomic E-state index is 4.76. The van der Waals surface area contributed by atoms with E-state index >= 15 is 0 Å². The van der Waals surface area contributed by atoms with Gasteiger partial charge in [-0.1, -0.05) is 91.0 Å². The van der Waals surface area contributed by atoms with Gasteiger partial charge >= 0.3 is 0 Å². The van der Waals surface area contributed by atoms with Gasteiger partial charge in [-0.3, -0.25) is 9.55 Å². The van der Waals surface area contributed by atoms with Crippen LogP contribution >= 0.6 is 0 Å². The van der Waals surface area contributed by atoms with Crippen molar-refractivity contribution in [2.24, 2.45) is 0 Å². The summed E-state index contributed by atoms with van der Waals surface area (Å²) in [5.74, 6) is 0.890. The molecule has 42 heavy (non-hydrogen) atoms. The number of nitrogens with zero attached hydrogens (tertiary/aromatic N) is 4. The molecule has 0 bridgehead atoms. The Morgan fingerprint density at radius 2 is 1.00 bits per heavy atom. The van der Waals surface area contributed by atoms with Gasteiger partial charge in [0.1, 0.15) is 5.82 Å². The average molecular weight is 539 g/mol. The van der Waals surface area contributed by atoms with E-state index < -0.39 is 0 Å². The molecule has 0 radical (unpaired) electrons. The van der Waals surface area contributed by atoms with Gasteiger partial charge in [-0.15, -0.1) is 0 Å². The lowest BCUT2D eigenvalue weighted by atomic mass is 10.1. The Morgan fingerprint density at radius 3 is 1.64 bits per heavy atom. The second-order valence-electron chi connectivity index (χ2n) is 10.4. The molecule has 4 aromatic heterocycles. The number of benzene rings is 4. The number of pyridine rings is 2. The lowest BCUT2D eigenvalue weighted by Gasteiger charge is -2.14. The predicted octanol–water partition coefficient (Wildman–Crippen LogP) is 9.37. The zero-order valence-corrected chi connectivity index (χ0v) is 22.8. The van der Waals surface area contributed by atoms with E-state index in [9.17, 15) is 0 Å². The van der Waals surface area contributed by atoms with Crippen molar-refractivity contribution in [2.75, 3.05) is 0 Å². The third kappa shape index (κ3) is 4.09. The minimum absolute atomic E-state index is 0.890. The molecule has 4 heteroatoms. The summed E-state index contributed by atoms with van der Waals surface area (Å²) in [6, 6.07) is 51.1. The molecule has 0 unspecified atom stereocenters. The van der Waals surface area contributed by atoms with Crippen LogP contribution in [-0.4, -0.2) is 19.1 Å². The fraction of sp³-hybridized carbons (Fsp3) is 0. The van der Waals surface area contributed by atoms with Crippen LogP contribution in [0.2, 0.25) is 0 Å². The van der Waals surface area contributed by atoms with Crippen LogP contribution < -0.4 is 0 Å². The van der Waals surface area contributed by atoms with E-state index in [4.69, 9.17) is 4.98 Å². The van der Waals surface area contributed by atoms with Crippen LogP contribution in [0.4, 0.5) is 0 Å². The van der Waals surface area contributed by atoms with Gasteiger partial charge < -0.3 is 4.57 Å². The van der Waals surface area contributed by atoms with E-state index in [1.54, 1.807) is 0 Å². The topological polar surface area (TPSA) is 35.6 Å². The smallest absolute Gasteiger partial charge is 0.137 e.